The molecule has 2 rings (SSSR count). The first kappa shape index (κ1) is 12.3. The lowest BCUT2D eigenvalue weighted by molar-refractivity contribution is -0.383. The Morgan fingerprint density at radius 2 is 2.28 bits per heavy atom. The standard InChI is InChI=1S/C10H8ClFN4O2/c1-15-3-2-10(14-15)13-8-5-7(12)6(11)4-9(8)16(17)18/h2-5H,1H3,(H,13,14). The van der Waals surface area contributed by atoms with Gasteiger partial charge in [-0.25, -0.2) is 4.39 Å². The number of aromatic nitrogens is 2. The molecule has 0 saturated heterocycles. The van der Waals surface area contributed by atoms with E-state index in [0.717, 1.165) is 12.1 Å². The molecule has 1 aromatic carbocycles. The van der Waals surface area contributed by atoms with Gasteiger partial charge in [0.2, 0.25) is 0 Å². The zero-order valence-electron chi connectivity index (χ0n) is 9.22. The summed E-state index contributed by atoms with van der Waals surface area (Å²) in [7, 11) is 1.70. The van der Waals surface area contributed by atoms with E-state index in [1.54, 1.807) is 19.3 Å². The number of hydrogen-bond donors (Lipinski definition) is 1. The summed E-state index contributed by atoms with van der Waals surface area (Å²) in [6.07, 6.45) is 1.65. The number of nitro groups is 1. The number of nitrogens with one attached hydrogen (secondary N) is 1. The maximum atomic E-state index is 13.3. The van der Waals surface area contributed by atoms with Gasteiger partial charge in [0.05, 0.1) is 9.95 Å². The molecule has 1 aromatic heterocycles. The average Bonchev–Trinajstić information content (AvgIpc) is 2.68. The molecule has 0 bridgehead atoms. The Morgan fingerprint density at radius 1 is 1.56 bits per heavy atom. The molecule has 0 aliphatic heterocycles. The second-order valence-corrected chi connectivity index (χ2v) is 3.95. The predicted octanol–water partition coefficient (Wildman–Crippen LogP) is 2.86. The van der Waals surface area contributed by atoms with Gasteiger partial charge in [-0.1, -0.05) is 11.6 Å². The molecule has 0 aliphatic carbocycles. The van der Waals surface area contributed by atoms with Crippen LogP contribution in [0.4, 0.5) is 21.6 Å². The van der Waals surface area contributed by atoms with Crippen molar-refractivity contribution in [3.05, 3.63) is 45.4 Å². The van der Waals surface area contributed by atoms with Gasteiger partial charge >= 0.3 is 0 Å². The lowest BCUT2D eigenvalue weighted by Crippen LogP contribution is -1.99. The van der Waals surface area contributed by atoms with E-state index in [1.807, 2.05) is 0 Å². The maximum Gasteiger partial charge on any atom is 0.294 e. The van der Waals surface area contributed by atoms with Crippen LogP contribution in [0, 0.1) is 15.9 Å². The van der Waals surface area contributed by atoms with Crippen molar-refractivity contribution in [3.8, 4) is 0 Å². The van der Waals surface area contributed by atoms with Gasteiger partial charge in [0.25, 0.3) is 5.69 Å². The van der Waals surface area contributed by atoms with Crippen LogP contribution in [-0.2, 0) is 7.05 Å². The Kier molecular flexibility index (Phi) is 3.15. The molecule has 2 aromatic rings. The number of hydrogen-bond acceptors (Lipinski definition) is 4. The van der Waals surface area contributed by atoms with Crippen molar-refractivity contribution in [2.24, 2.45) is 7.05 Å². The highest BCUT2D eigenvalue weighted by atomic mass is 35.5. The summed E-state index contributed by atoms with van der Waals surface area (Å²) in [6, 6.07) is 3.54. The molecule has 0 unspecified atom stereocenters. The Morgan fingerprint density at radius 3 is 2.83 bits per heavy atom. The minimum atomic E-state index is -0.735. The Balaban J connectivity index is 2.42. The highest BCUT2D eigenvalue weighted by Crippen LogP contribution is 2.31. The SMILES string of the molecule is Cn1ccc(Nc2cc(F)c(Cl)cc2[N+](=O)[O-])n1. The monoisotopic (exact) mass is 270 g/mol. The molecule has 0 radical (unpaired) electrons. The molecule has 0 atom stereocenters. The summed E-state index contributed by atoms with van der Waals surface area (Å²) in [5.41, 5.74) is -0.312. The minimum Gasteiger partial charge on any atom is -0.333 e. The molecule has 1 heterocycles. The number of anilines is 2. The van der Waals surface area contributed by atoms with E-state index in [-0.39, 0.29) is 16.4 Å². The van der Waals surface area contributed by atoms with E-state index in [4.69, 9.17) is 11.6 Å². The molecule has 0 saturated carbocycles. The number of benzene rings is 1. The highest BCUT2D eigenvalue weighted by molar-refractivity contribution is 6.31. The smallest absolute Gasteiger partial charge is 0.294 e. The van der Waals surface area contributed by atoms with Gasteiger partial charge in [-0.05, 0) is 0 Å². The number of aryl methyl sites for hydroxylation is 1. The lowest BCUT2D eigenvalue weighted by atomic mass is 10.2. The van der Waals surface area contributed by atoms with E-state index in [1.165, 1.54) is 4.68 Å². The molecule has 0 aliphatic rings. The second-order valence-electron chi connectivity index (χ2n) is 3.54. The van der Waals surface area contributed by atoms with Crippen molar-refractivity contribution in [3.63, 3.8) is 0 Å². The normalized spacial score (nSPS) is 10.4. The van der Waals surface area contributed by atoms with Crippen molar-refractivity contribution in [1.29, 1.82) is 0 Å². The van der Waals surface area contributed by atoms with Crippen LogP contribution in [0.5, 0.6) is 0 Å². The topological polar surface area (TPSA) is 73.0 Å². The van der Waals surface area contributed by atoms with Crippen LogP contribution in [0.2, 0.25) is 5.02 Å². The minimum absolute atomic E-state index is 0.000556. The number of halogens is 2. The summed E-state index contributed by atoms with van der Waals surface area (Å²) in [4.78, 5) is 10.2. The van der Waals surface area contributed by atoms with Crippen LogP contribution in [-0.4, -0.2) is 14.7 Å². The van der Waals surface area contributed by atoms with E-state index in [9.17, 15) is 14.5 Å². The second kappa shape index (κ2) is 4.61. The molecule has 1 N–H and O–H groups in total. The van der Waals surface area contributed by atoms with Gasteiger partial charge in [0, 0.05) is 31.4 Å². The molecule has 8 heteroatoms. The summed E-state index contributed by atoms with van der Waals surface area (Å²) in [6.45, 7) is 0. The van der Waals surface area contributed by atoms with Gasteiger partial charge in [-0.2, -0.15) is 5.10 Å². The highest BCUT2D eigenvalue weighted by Gasteiger charge is 2.18. The van der Waals surface area contributed by atoms with E-state index < -0.39 is 10.7 Å². The quantitative estimate of drug-likeness (QED) is 0.687. The fourth-order valence-electron chi connectivity index (χ4n) is 1.41. The van der Waals surface area contributed by atoms with Crippen LogP contribution >= 0.6 is 11.6 Å². The van der Waals surface area contributed by atoms with Crippen molar-refractivity contribution >= 4 is 28.8 Å². The largest absolute Gasteiger partial charge is 0.333 e. The number of nitrogens with zero attached hydrogens (tertiary/aromatic N) is 3. The van der Waals surface area contributed by atoms with Gasteiger partial charge in [-0.3, -0.25) is 14.8 Å². The zero-order chi connectivity index (χ0) is 13.3. The van der Waals surface area contributed by atoms with Gasteiger partial charge in [-0.15, -0.1) is 0 Å². The van der Waals surface area contributed by atoms with E-state index in [0.29, 0.717) is 5.82 Å². The van der Waals surface area contributed by atoms with Gasteiger partial charge < -0.3 is 5.32 Å². The van der Waals surface area contributed by atoms with E-state index in [2.05, 4.69) is 10.4 Å². The zero-order valence-corrected chi connectivity index (χ0v) is 9.98. The van der Waals surface area contributed by atoms with Crippen LogP contribution < -0.4 is 5.32 Å². The molecule has 94 valence electrons. The van der Waals surface area contributed by atoms with Gasteiger partial charge in [0.15, 0.2) is 5.82 Å². The Bertz CT molecular complexity index is 614. The summed E-state index contributed by atoms with van der Waals surface area (Å²) in [5.74, 6) is -0.358. The Hall–Kier alpha value is -2.15. The molecule has 6 nitrogen and oxygen atoms in total. The third-order valence-corrected chi connectivity index (χ3v) is 2.50. The fraction of sp³-hybridized carbons (Fsp3) is 0.100. The Labute approximate surface area is 106 Å². The first-order valence-corrected chi connectivity index (χ1v) is 5.25. The lowest BCUT2D eigenvalue weighted by Gasteiger charge is -2.05. The maximum absolute atomic E-state index is 13.3. The molecular weight excluding hydrogens is 263 g/mol. The summed E-state index contributed by atoms with van der Waals surface area (Å²) < 4.78 is 14.8. The third kappa shape index (κ3) is 2.40. The molecule has 0 spiro atoms. The van der Waals surface area contributed by atoms with Crippen LogP contribution in [0.3, 0.4) is 0 Å². The molecule has 0 fully saturated rings. The molecule has 18 heavy (non-hydrogen) atoms. The molecular formula is C10H8ClFN4O2. The average molecular weight is 271 g/mol. The van der Waals surface area contributed by atoms with Crippen molar-refractivity contribution in [2.45, 2.75) is 0 Å². The van der Waals surface area contributed by atoms with Crippen LogP contribution in [0.1, 0.15) is 0 Å². The fourth-order valence-corrected chi connectivity index (χ4v) is 1.57. The van der Waals surface area contributed by atoms with Crippen molar-refractivity contribution in [1.82, 2.24) is 9.78 Å². The molecule has 0 amide bonds. The number of rotatable bonds is 3. The first-order chi connectivity index (χ1) is 8.47. The summed E-state index contributed by atoms with van der Waals surface area (Å²) >= 11 is 5.51. The van der Waals surface area contributed by atoms with Crippen LogP contribution in [0.15, 0.2) is 24.4 Å². The summed E-state index contributed by atoms with van der Waals surface area (Å²) in [5, 5.41) is 17.2. The predicted molar refractivity (Wildman–Crippen MR) is 64.6 cm³/mol. The third-order valence-electron chi connectivity index (χ3n) is 2.21. The van der Waals surface area contributed by atoms with Crippen molar-refractivity contribution in [2.75, 3.05) is 5.32 Å². The van der Waals surface area contributed by atoms with Crippen molar-refractivity contribution < 1.29 is 9.31 Å². The van der Waals surface area contributed by atoms with Crippen LogP contribution in [0.25, 0.3) is 0 Å². The van der Waals surface area contributed by atoms with Gasteiger partial charge in [0.1, 0.15) is 11.5 Å². The first-order valence-electron chi connectivity index (χ1n) is 4.87. The number of nitro benzene ring substituents is 1. The van der Waals surface area contributed by atoms with E-state index >= 15 is 0 Å².